The molecule has 0 bridgehead atoms. The van der Waals surface area contributed by atoms with Crippen molar-refractivity contribution in [1.82, 2.24) is 10.3 Å². The second-order valence-corrected chi connectivity index (χ2v) is 3.65. The molecule has 1 amide bonds. The van der Waals surface area contributed by atoms with E-state index >= 15 is 0 Å². The molecule has 14 heavy (non-hydrogen) atoms. The molecule has 1 rings (SSSR count). The van der Waals surface area contributed by atoms with Crippen molar-refractivity contribution in [2.24, 2.45) is 5.73 Å². The Morgan fingerprint density at radius 1 is 1.71 bits per heavy atom. The van der Waals surface area contributed by atoms with Crippen LogP contribution in [-0.2, 0) is 11.3 Å². The summed E-state index contributed by atoms with van der Waals surface area (Å²) in [7, 11) is 0. The van der Waals surface area contributed by atoms with Crippen LogP contribution in [0.5, 0.6) is 0 Å². The second kappa shape index (κ2) is 5.69. The van der Waals surface area contributed by atoms with Crippen molar-refractivity contribution in [3.63, 3.8) is 0 Å². The number of aromatic nitrogens is 1. The lowest BCUT2D eigenvalue weighted by Gasteiger charge is -1.98. The minimum Gasteiger partial charge on any atom is -0.329 e. The number of hydrogen-bond acceptors (Lipinski definition) is 5. The Morgan fingerprint density at radius 3 is 3.14 bits per heavy atom. The number of hydrogen-bond donors (Lipinski definition) is 3. The highest BCUT2D eigenvalue weighted by atomic mass is 32.1. The van der Waals surface area contributed by atoms with Gasteiger partial charge < -0.3 is 16.4 Å². The van der Waals surface area contributed by atoms with Crippen LogP contribution in [0.15, 0.2) is 5.38 Å². The molecule has 0 aromatic carbocycles. The number of nitrogens with two attached hydrogens (primary N) is 1. The van der Waals surface area contributed by atoms with Crippen LogP contribution in [0.3, 0.4) is 0 Å². The summed E-state index contributed by atoms with van der Waals surface area (Å²) < 4.78 is 0. The standard InChI is InChI=1S/C8H14N4OS/c1-6(13)11-8-12-7(5-14-8)4-10-3-2-9/h5,10H,2-4,9H2,1H3,(H,11,12,13). The zero-order valence-electron chi connectivity index (χ0n) is 8.04. The third-order valence-corrected chi connectivity index (χ3v) is 2.27. The molecular weight excluding hydrogens is 200 g/mol. The van der Waals surface area contributed by atoms with Gasteiger partial charge in [-0.25, -0.2) is 4.98 Å². The average Bonchev–Trinajstić information content (AvgIpc) is 2.52. The molecule has 1 aromatic rings. The molecule has 0 aliphatic heterocycles. The molecule has 0 aliphatic carbocycles. The number of amides is 1. The fraction of sp³-hybridized carbons (Fsp3) is 0.500. The molecule has 1 aromatic heterocycles. The van der Waals surface area contributed by atoms with Gasteiger partial charge in [0.1, 0.15) is 0 Å². The second-order valence-electron chi connectivity index (χ2n) is 2.79. The molecule has 0 saturated heterocycles. The Hall–Kier alpha value is -0.980. The topological polar surface area (TPSA) is 80.0 Å². The lowest BCUT2D eigenvalue weighted by atomic mass is 10.5. The number of rotatable bonds is 5. The van der Waals surface area contributed by atoms with Crippen molar-refractivity contribution in [1.29, 1.82) is 0 Å². The zero-order valence-corrected chi connectivity index (χ0v) is 8.86. The highest BCUT2D eigenvalue weighted by Crippen LogP contribution is 2.14. The van der Waals surface area contributed by atoms with Gasteiger partial charge in [-0.05, 0) is 0 Å². The zero-order chi connectivity index (χ0) is 10.4. The molecule has 0 fully saturated rings. The fourth-order valence-electron chi connectivity index (χ4n) is 0.915. The summed E-state index contributed by atoms with van der Waals surface area (Å²) in [5.41, 5.74) is 6.25. The van der Waals surface area contributed by atoms with Crippen LogP contribution in [0, 0.1) is 0 Å². The van der Waals surface area contributed by atoms with Gasteiger partial charge in [-0.1, -0.05) is 0 Å². The SMILES string of the molecule is CC(=O)Nc1nc(CNCCN)cs1. The van der Waals surface area contributed by atoms with Crippen molar-refractivity contribution < 1.29 is 4.79 Å². The molecular formula is C8H14N4OS. The maximum Gasteiger partial charge on any atom is 0.223 e. The van der Waals surface area contributed by atoms with E-state index in [0.29, 0.717) is 18.2 Å². The molecule has 5 nitrogen and oxygen atoms in total. The third-order valence-electron chi connectivity index (χ3n) is 1.46. The minimum absolute atomic E-state index is 0.0965. The molecule has 0 saturated carbocycles. The normalized spacial score (nSPS) is 10.1. The summed E-state index contributed by atoms with van der Waals surface area (Å²) in [6.07, 6.45) is 0. The van der Waals surface area contributed by atoms with E-state index in [0.717, 1.165) is 12.2 Å². The number of anilines is 1. The highest BCUT2D eigenvalue weighted by molar-refractivity contribution is 7.13. The molecule has 78 valence electrons. The van der Waals surface area contributed by atoms with Crippen LogP contribution >= 0.6 is 11.3 Å². The minimum atomic E-state index is -0.0965. The van der Waals surface area contributed by atoms with Crippen molar-refractivity contribution in [2.75, 3.05) is 18.4 Å². The molecule has 0 radical (unpaired) electrons. The fourth-order valence-corrected chi connectivity index (χ4v) is 1.67. The summed E-state index contributed by atoms with van der Waals surface area (Å²) >= 11 is 1.42. The van der Waals surface area contributed by atoms with E-state index in [1.165, 1.54) is 18.3 Å². The van der Waals surface area contributed by atoms with Gasteiger partial charge in [0.15, 0.2) is 5.13 Å². The average molecular weight is 214 g/mol. The van der Waals surface area contributed by atoms with E-state index in [9.17, 15) is 4.79 Å². The van der Waals surface area contributed by atoms with Gasteiger partial charge in [0.05, 0.1) is 5.69 Å². The third kappa shape index (κ3) is 3.82. The van der Waals surface area contributed by atoms with Crippen LogP contribution < -0.4 is 16.4 Å². The largest absolute Gasteiger partial charge is 0.329 e. The van der Waals surface area contributed by atoms with Crippen LogP contribution in [0.25, 0.3) is 0 Å². The van der Waals surface area contributed by atoms with E-state index < -0.39 is 0 Å². The van der Waals surface area contributed by atoms with E-state index in [1.807, 2.05) is 5.38 Å². The first kappa shape index (κ1) is 11.1. The number of thiazole rings is 1. The van der Waals surface area contributed by atoms with Gasteiger partial charge in [-0.15, -0.1) is 11.3 Å². The molecule has 0 spiro atoms. The van der Waals surface area contributed by atoms with Crippen molar-refractivity contribution in [3.05, 3.63) is 11.1 Å². The Balaban J connectivity index is 2.38. The lowest BCUT2D eigenvalue weighted by Crippen LogP contribution is -2.22. The van der Waals surface area contributed by atoms with E-state index in [-0.39, 0.29) is 5.91 Å². The molecule has 0 unspecified atom stereocenters. The summed E-state index contributed by atoms with van der Waals surface area (Å²) in [5.74, 6) is -0.0965. The van der Waals surface area contributed by atoms with Crippen molar-refractivity contribution >= 4 is 22.4 Å². The maximum atomic E-state index is 10.7. The van der Waals surface area contributed by atoms with E-state index in [1.54, 1.807) is 0 Å². The van der Waals surface area contributed by atoms with Gasteiger partial charge in [-0.3, -0.25) is 4.79 Å². The Labute approximate surface area is 86.7 Å². The smallest absolute Gasteiger partial charge is 0.223 e. The number of nitrogens with zero attached hydrogens (tertiary/aromatic N) is 1. The Morgan fingerprint density at radius 2 is 2.50 bits per heavy atom. The van der Waals surface area contributed by atoms with E-state index in [2.05, 4.69) is 15.6 Å². The van der Waals surface area contributed by atoms with E-state index in [4.69, 9.17) is 5.73 Å². The molecule has 0 atom stereocenters. The summed E-state index contributed by atoms with van der Waals surface area (Å²) in [4.78, 5) is 14.9. The predicted octanol–water partition coefficient (Wildman–Crippen LogP) is 0.150. The number of nitrogens with one attached hydrogen (secondary N) is 2. The van der Waals surface area contributed by atoms with Crippen LogP contribution in [0.4, 0.5) is 5.13 Å². The molecule has 0 aliphatic rings. The van der Waals surface area contributed by atoms with Crippen LogP contribution in [-0.4, -0.2) is 24.0 Å². The molecule has 6 heteroatoms. The first-order chi connectivity index (χ1) is 6.72. The predicted molar refractivity (Wildman–Crippen MR) is 57.2 cm³/mol. The maximum absolute atomic E-state index is 10.7. The number of carbonyl (C=O) groups excluding carboxylic acids is 1. The van der Waals surface area contributed by atoms with Gasteiger partial charge in [0, 0.05) is 31.9 Å². The first-order valence-corrected chi connectivity index (χ1v) is 5.23. The Kier molecular flexibility index (Phi) is 4.51. The lowest BCUT2D eigenvalue weighted by molar-refractivity contribution is -0.114. The molecule has 1 heterocycles. The summed E-state index contributed by atoms with van der Waals surface area (Å²) in [6.45, 7) is 3.54. The highest BCUT2D eigenvalue weighted by Gasteiger charge is 2.02. The van der Waals surface area contributed by atoms with Crippen LogP contribution in [0.1, 0.15) is 12.6 Å². The van der Waals surface area contributed by atoms with Crippen LogP contribution in [0.2, 0.25) is 0 Å². The van der Waals surface area contributed by atoms with Crippen molar-refractivity contribution in [3.8, 4) is 0 Å². The summed E-state index contributed by atoms with van der Waals surface area (Å²) in [5, 5.41) is 8.31. The van der Waals surface area contributed by atoms with Gasteiger partial charge in [0.2, 0.25) is 5.91 Å². The van der Waals surface area contributed by atoms with Gasteiger partial charge >= 0.3 is 0 Å². The van der Waals surface area contributed by atoms with Gasteiger partial charge in [0.25, 0.3) is 0 Å². The Bertz CT molecular complexity index is 299. The number of carbonyl (C=O) groups is 1. The quantitative estimate of drug-likeness (QED) is 0.609. The first-order valence-electron chi connectivity index (χ1n) is 4.35. The molecule has 4 N–H and O–H groups in total. The monoisotopic (exact) mass is 214 g/mol. The van der Waals surface area contributed by atoms with Crippen molar-refractivity contribution in [2.45, 2.75) is 13.5 Å². The summed E-state index contributed by atoms with van der Waals surface area (Å²) in [6, 6.07) is 0. The van der Waals surface area contributed by atoms with Gasteiger partial charge in [-0.2, -0.15) is 0 Å².